The SMILES string of the molecule is COC(=O)/C=C/C1=CC2C(c3ccc(OC)c(OC)c3)C(C(=O)OC)C1C1(OC)SCOC21. The number of thioether (sulfide) groups is 1. The van der Waals surface area contributed by atoms with Gasteiger partial charge in [0.05, 0.1) is 40.3 Å². The van der Waals surface area contributed by atoms with Gasteiger partial charge in [0.15, 0.2) is 11.5 Å². The zero-order chi connectivity index (χ0) is 23.8. The largest absolute Gasteiger partial charge is 0.493 e. The lowest BCUT2D eigenvalue weighted by atomic mass is 9.54. The number of allylic oxidation sites excluding steroid dienone is 1. The van der Waals surface area contributed by atoms with Gasteiger partial charge in [0.25, 0.3) is 0 Å². The molecule has 0 radical (unpaired) electrons. The zero-order valence-electron chi connectivity index (χ0n) is 19.2. The monoisotopic (exact) mass is 476 g/mol. The van der Waals surface area contributed by atoms with Gasteiger partial charge >= 0.3 is 11.9 Å². The Bertz CT molecular complexity index is 989. The van der Waals surface area contributed by atoms with Crippen LogP contribution in [0.5, 0.6) is 11.5 Å². The maximum atomic E-state index is 13.3. The summed E-state index contributed by atoms with van der Waals surface area (Å²) >= 11 is 1.54. The molecule has 1 aromatic rings. The Morgan fingerprint density at radius 2 is 1.85 bits per heavy atom. The molecule has 0 N–H and O–H groups in total. The maximum absolute atomic E-state index is 13.3. The second-order valence-electron chi connectivity index (χ2n) is 8.04. The molecule has 1 saturated carbocycles. The van der Waals surface area contributed by atoms with E-state index in [0.717, 1.165) is 11.1 Å². The van der Waals surface area contributed by atoms with Crippen LogP contribution < -0.4 is 9.47 Å². The molecular formula is C24H28O8S. The second-order valence-corrected chi connectivity index (χ2v) is 9.20. The molecule has 33 heavy (non-hydrogen) atoms. The molecule has 9 heteroatoms. The minimum atomic E-state index is -0.777. The first-order chi connectivity index (χ1) is 15.9. The van der Waals surface area contributed by atoms with E-state index in [1.165, 1.54) is 32.1 Å². The van der Waals surface area contributed by atoms with Crippen molar-refractivity contribution in [1.82, 2.24) is 0 Å². The summed E-state index contributed by atoms with van der Waals surface area (Å²) in [6.45, 7) is 0. The van der Waals surface area contributed by atoms with Crippen molar-refractivity contribution in [3.05, 3.63) is 47.6 Å². The maximum Gasteiger partial charge on any atom is 0.330 e. The first-order valence-electron chi connectivity index (χ1n) is 10.5. The molecule has 0 spiro atoms. The van der Waals surface area contributed by atoms with E-state index < -0.39 is 22.7 Å². The van der Waals surface area contributed by atoms with Crippen LogP contribution in [0.4, 0.5) is 0 Å². The average Bonchev–Trinajstić information content (AvgIpc) is 3.32. The van der Waals surface area contributed by atoms with Gasteiger partial charge in [-0.15, -0.1) is 0 Å². The van der Waals surface area contributed by atoms with E-state index in [0.29, 0.717) is 17.4 Å². The van der Waals surface area contributed by atoms with Crippen LogP contribution in [0.2, 0.25) is 0 Å². The molecule has 8 nitrogen and oxygen atoms in total. The second kappa shape index (κ2) is 9.40. The molecule has 6 unspecified atom stereocenters. The number of carbonyl (C=O) groups is 2. The van der Waals surface area contributed by atoms with E-state index in [1.807, 2.05) is 18.2 Å². The molecule has 178 valence electrons. The van der Waals surface area contributed by atoms with Crippen LogP contribution >= 0.6 is 11.8 Å². The highest BCUT2D eigenvalue weighted by atomic mass is 32.2. The number of rotatable bonds is 7. The van der Waals surface area contributed by atoms with Gasteiger partial charge < -0.3 is 28.4 Å². The predicted molar refractivity (Wildman–Crippen MR) is 121 cm³/mol. The topological polar surface area (TPSA) is 89.5 Å². The Balaban J connectivity index is 1.89. The number of ether oxygens (including phenoxy) is 6. The third-order valence-corrected chi connectivity index (χ3v) is 8.17. The number of carbonyl (C=O) groups excluding carboxylic acids is 2. The van der Waals surface area contributed by atoms with E-state index in [2.05, 4.69) is 6.08 Å². The molecule has 1 saturated heterocycles. The summed E-state index contributed by atoms with van der Waals surface area (Å²) in [4.78, 5) is 24.3. The van der Waals surface area contributed by atoms with Gasteiger partial charge in [-0.3, -0.25) is 4.79 Å². The molecule has 1 heterocycles. The first-order valence-corrected chi connectivity index (χ1v) is 11.5. The van der Waals surface area contributed by atoms with Gasteiger partial charge in [-0.1, -0.05) is 30.0 Å². The number of benzene rings is 1. The lowest BCUT2D eigenvalue weighted by Crippen LogP contribution is -2.62. The number of hydrogen-bond acceptors (Lipinski definition) is 9. The molecule has 2 fully saturated rings. The number of hydrogen-bond donors (Lipinski definition) is 0. The summed E-state index contributed by atoms with van der Waals surface area (Å²) in [6, 6.07) is 5.67. The highest BCUT2D eigenvalue weighted by Gasteiger charge is 2.68. The van der Waals surface area contributed by atoms with Crippen molar-refractivity contribution in [2.45, 2.75) is 17.0 Å². The normalized spacial score (nSPS) is 32.3. The predicted octanol–water partition coefficient (Wildman–Crippen LogP) is 2.92. The van der Waals surface area contributed by atoms with Crippen LogP contribution in [0.15, 0.2) is 42.0 Å². The van der Waals surface area contributed by atoms with Gasteiger partial charge in [-0.2, -0.15) is 0 Å². The van der Waals surface area contributed by atoms with E-state index in [1.54, 1.807) is 27.4 Å². The molecule has 0 aromatic heterocycles. The summed E-state index contributed by atoms with van der Waals surface area (Å²) in [7, 11) is 7.51. The standard InChI is InChI=1S/C24H28O8S/c1-27-16-8-6-13(11-17(16)28-2)19-15-10-14(7-9-18(25)29-3)21(20(19)23(26)30-4)24(31-5)22(15)32-12-33-24/h6-11,15,19-22H,12H2,1-5H3/b9-7+. The summed E-state index contributed by atoms with van der Waals surface area (Å²) < 4.78 is 33.2. The van der Waals surface area contributed by atoms with Crippen LogP contribution in [0.1, 0.15) is 11.5 Å². The number of methoxy groups -OCH3 is 5. The third kappa shape index (κ3) is 3.72. The Morgan fingerprint density at radius 1 is 1.09 bits per heavy atom. The van der Waals surface area contributed by atoms with Gasteiger partial charge in [-0.05, 0) is 23.3 Å². The highest BCUT2D eigenvalue weighted by molar-refractivity contribution is 8.00. The van der Waals surface area contributed by atoms with Crippen LogP contribution in [-0.4, -0.2) is 64.5 Å². The summed E-state index contributed by atoms with van der Waals surface area (Å²) in [5.74, 6) is -0.607. The van der Waals surface area contributed by atoms with Crippen LogP contribution in [0.3, 0.4) is 0 Å². The Hall–Kier alpha value is -2.49. The smallest absolute Gasteiger partial charge is 0.330 e. The van der Waals surface area contributed by atoms with Crippen molar-refractivity contribution < 1.29 is 38.0 Å². The van der Waals surface area contributed by atoms with Crippen molar-refractivity contribution in [3.63, 3.8) is 0 Å². The molecule has 0 amide bonds. The molecule has 4 aliphatic rings. The summed E-state index contributed by atoms with van der Waals surface area (Å²) in [5.41, 5.74) is 1.74. The Kier molecular flexibility index (Phi) is 6.74. The number of fused-ring (bicyclic) bond motifs is 1. The molecule has 5 rings (SSSR count). The highest BCUT2D eigenvalue weighted by Crippen LogP contribution is 2.65. The van der Waals surface area contributed by atoms with Crippen LogP contribution in [-0.2, 0) is 28.5 Å². The first kappa shape index (κ1) is 23.7. The fraction of sp³-hybridized carbons (Fsp3) is 0.500. The summed E-state index contributed by atoms with van der Waals surface area (Å²) in [5, 5.41) is 0. The molecule has 1 aliphatic heterocycles. The third-order valence-electron chi connectivity index (χ3n) is 6.81. The van der Waals surface area contributed by atoms with Crippen molar-refractivity contribution in [1.29, 1.82) is 0 Å². The van der Waals surface area contributed by atoms with Gasteiger partial charge in [0.1, 0.15) is 11.0 Å². The van der Waals surface area contributed by atoms with E-state index >= 15 is 0 Å². The molecular weight excluding hydrogens is 448 g/mol. The van der Waals surface area contributed by atoms with Crippen LogP contribution in [0, 0.1) is 17.8 Å². The minimum absolute atomic E-state index is 0.204. The summed E-state index contributed by atoms with van der Waals surface area (Å²) in [6.07, 6.45) is 4.89. The van der Waals surface area contributed by atoms with Crippen molar-refractivity contribution >= 4 is 23.7 Å². The quantitative estimate of drug-likeness (QED) is 0.435. The zero-order valence-corrected chi connectivity index (χ0v) is 20.0. The molecule has 6 atom stereocenters. The van der Waals surface area contributed by atoms with Crippen molar-refractivity contribution in [3.8, 4) is 11.5 Å². The van der Waals surface area contributed by atoms with Gasteiger partial charge in [-0.25, -0.2) is 4.79 Å². The van der Waals surface area contributed by atoms with E-state index in [9.17, 15) is 9.59 Å². The molecule has 3 aliphatic carbocycles. The number of esters is 2. The fourth-order valence-electron chi connectivity index (χ4n) is 5.49. The van der Waals surface area contributed by atoms with Crippen molar-refractivity contribution in [2.75, 3.05) is 41.5 Å². The van der Waals surface area contributed by atoms with Gasteiger partial charge in [0, 0.05) is 30.9 Å². The lowest BCUT2D eigenvalue weighted by molar-refractivity contribution is -0.170. The molecule has 1 aromatic carbocycles. The minimum Gasteiger partial charge on any atom is -0.493 e. The lowest BCUT2D eigenvalue weighted by Gasteiger charge is -2.56. The molecule has 2 bridgehead atoms. The Labute approximate surface area is 197 Å². The van der Waals surface area contributed by atoms with E-state index in [4.69, 9.17) is 28.4 Å². The Morgan fingerprint density at radius 3 is 2.48 bits per heavy atom. The van der Waals surface area contributed by atoms with Crippen LogP contribution in [0.25, 0.3) is 0 Å². The fourth-order valence-corrected chi connectivity index (χ4v) is 6.86. The average molecular weight is 477 g/mol. The van der Waals surface area contributed by atoms with Gasteiger partial charge in [0.2, 0.25) is 0 Å². The van der Waals surface area contributed by atoms with Crippen molar-refractivity contribution in [2.24, 2.45) is 17.8 Å². The van der Waals surface area contributed by atoms with E-state index in [-0.39, 0.29) is 23.9 Å².